The highest BCUT2D eigenvalue weighted by Gasteiger charge is 2.22. The first-order valence-corrected chi connectivity index (χ1v) is 7.75. The molecule has 1 saturated heterocycles. The van der Waals surface area contributed by atoms with Gasteiger partial charge in [0.15, 0.2) is 0 Å². The van der Waals surface area contributed by atoms with Crippen LogP contribution in [-0.2, 0) is 14.8 Å². The lowest BCUT2D eigenvalue weighted by Crippen LogP contribution is -2.40. The van der Waals surface area contributed by atoms with Crippen LogP contribution in [0, 0.1) is 11.8 Å². The maximum atomic E-state index is 12.2. The molecule has 6 nitrogen and oxygen atoms in total. The molecule has 0 radical (unpaired) electrons. The lowest BCUT2D eigenvalue weighted by atomic mass is 10.1. The normalized spacial score (nSPS) is 19.1. The third kappa shape index (κ3) is 4.02. The summed E-state index contributed by atoms with van der Waals surface area (Å²) in [5.74, 6) is 5.09. The number of aromatic nitrogens is 1. The molecule has 0 bridgehead atoms. The number of aliphatic hydroxyl groups is 1. The van der Waals surface area contributed by atoms with Crippen LogP contribution < -0.4 is 4.72 Å². The van der Waals surface area contributed by atoms with Crippen molar-refractivity contribution in [3.05, 3.63) is 24.0 Å². The van der Waals surface area contributed by atoms with Crippen molar-refractivity contribution in [3.8, 4) is 11.8 Å². The maximum absolute atomic E-state index is 12.2. The van der Waals surface area contributed by atoms with E-state index in [1.165, 1.54) is 18.5 Å². The molecular formula is C13H16N2O4S. The van der Waals surface area contributed by atoms with E-state index in [1.54, 1.807) is 0 Å². The van der Waals surface area contributed by atoms with Gasteiger partial charge < -0.3 is 9.84 Å². The van der Waals surface area contributed by atoms with E-state index in [2.05, 4.69) is 21.5 Å². The van der Waals surface area contributed by atoms with Crippen LogP contribution in [0.25, 0.3) is 0 Å². The zero-order valence-electron chi connectivity index (χ0n) is 10.9. The van der Waals surface area contributed by atoms with E-state index >= 15 is 0 Å². The second-order valence-corrected chi connectivity index (χ2v) is 6.12. The second kappa shape index (κ2) is 6.81. The molecule has 20 heavy (non-hydrogen) atoms. The van der Waals surface area contributed by atoms with Gasteiger partial charge in [0.05, 0.1) is 6.61 Å². The zero-order valence-corrected chi connectivity index (χ0v) is 11.7. The monoisotopic (exact) mass is 296 g/mol. The third-order valence-corrected chi connectivity index (χ3v) is 4.30. The number of ether oxygens (including phenoxy) is 1. The first-order valence-electron chi connectivity index (χ1n) is 6.26. The number of rotatable bonds is 3. The van der Waals surface area contributed by atoms with Gasteiger partial charge in [0, 0.05) is 30.6 Å². The lowest BCUT2D eigenvalue weighted by molar-refractivity contribution is 0.0774. The zero-order chi connectivity index (χ0) is 14.4. The minimum atomic E-state index is -3.63. The average Bonchev–Trinajstić information content (AvgIpc) is 2.46. The molecule has 2 N–H and O–H groups in total. The summed E-state index contributed by atoms with van der Waals surface area (Å²) in [6, 6.07) is 1.22. The van der Waals surface area contributed by atoms with Gasteiger partial charge >= 0.3 is 0 Å². The van der Waals surface area contributed by atoms with Crippen molar-refractivity contribution in [1.82, 2.24) is 9.71 Å². The lowest BCUT2D eigenvalue weighted by Gasteiger charge is -2.22. The van der Waals surface area contributed by atoms with Crippen LogP contribution in [0.2, 0.25) is 0 Å². The first kappa shape index (κ1) is 14.9. The van der Waals surface area contributed by atoms with Gasteiger partial charge in [-0.15, -0.1) is 0 Å². The maximum Gasteiger partial charge on any atom is 0.242 e. The SMILES string of the molecule is O=S(=O)(NC1CCCOC1)c1cncc(C#CCO)c1. The Kier molecular flexibility index (Phi) is 5.09. The molecule has 0 aromatic carbocycles. The Labute approximate surface area is 118 Å². The molecule has 1 aromatic rings. The van der Waals surface area contributed by atoms with Crippen molar-refractivity contribution in [2.75, 3.05) is 19.8 Å². The molecule has 2 heterocycles. The van der Waals surface area contributed by atoms with E-state index in [-0.39, 0.29) is 17.5 Å². The van der Waals surface area contributed by atoms with Gasteiger partial charge in [-0.1, -0.05) is 11.8 Å². The number of sulfonamides is 1. The molecule has 7 heteroatoms. The molecule has 1 fully saturated rings. The van der Waals surface area contributed by atoms with Gasteiger partial charge in [0.2, 0.25) is 10.0 Å². The molecule has 108 valence electrons. The summed E-state index contributed by atoms with van der Waals surface area (Å²) in [6.45, 7) is 0.775. The van der Waals surface area contributed by atoms with Crippen LogP contribution >= 0.6 is 0 Å². The number of nitrogens with one attached hydrogen (secondary N) is 1. The molecule has 0 spiro atoms. The Morgan fingerprint density at radius 3 is 3.05 bits per heavy atom. The molecule has 0 aliphatic carbocycles. The number of hydrogen-bond donors (Lipinski definition) is 2. The molecule has 1 unspecified atom stereocenters. The number of pyridine rings is 1. The Morgan fingerprint density at radius 2 is 2.35 bits per heavy atom. The molecular weight excluding hydrogens is 280 g/mol. The summed E-state index contributed by atoms with van der Waals surface area (Å²) in [5, 5.41) is 8.63. The van der Waals surface area contributed by atoms with E-state index in [9.17, 15) is 8.42 Å². The van der Waals surface area contributed by atoms with Crippen molar-refractivity contribution in [3.63, 3.8) is 0 Å². The number of nitrogens with zero attached hydrogens (tertiary/aromatic N) is 1. The van der Waals surface area contributed by atoms with Crippen molar-refractivity contribution >= 4 is 10.0 Å². The summed E-state index contributed by atoms with van der Waals surface area (Å²) in [5.41, 5.74) is 0.446. The predicted molar refractivity (Wildman–Crippen MR) is 72.4 cm³/mol. The van der Waals surface area contributed by atoms with E-state index < -0.39 is 10.0 Å². The Bertz CT molecular complexity index is 613. The summed E-state index contributed by atoms with van der Waals surface area (Å²) in [6.07, 6.45) is 4.33. The molecule has 1 aromatic heterocycles. The largest absolute Gasteiger partial charge is 0.384 e. The highest BCUT2D eigenvalue weighted by molar-refractivity contribution is 7.89. The van der Waals surface area contributed by atoms with Crippen molar-refractivity contribution in [2.45, 2.75) is 23.8 Å². The fourth-order valence-corrected chi connectivity index (χ4v) is 3.14. The molecule has 1 atom stereocenters. The van der Waals surface area contributed by atoms with Gasteiger partial charge in [0.25, 0.3) is 0 Å². The van der Waals surface area contributed by atoms with E-state index in [0.717, 1.165) is 12.8 Å². The summed E-state index contributed by atoms with van der Waals surface area (Å²) in [7, 11) is -3.63. The quantitative estimate of drug-likeness (QED) is 0.759. The number of aliphatic hydroxyl groups excluding tert-OH is 1. The minimum Gasteiger partial charge on any atom is -0.384 e. The highest BCUT2D eigenvalue weighted by atomic mass is 32.2. The average molecular weight is 296 g/mol. The Hall–Kier alpha value is -1.46. The fourth-order valence-electron chi connectivity index (χ4n) is 1.90. The molecule has 1 aliphatic heterocycles. The van der Waals surface area contributed by atoms with Gasteiger partial charge in [-0.25, -0.2) is 13.1 Å². The standard InChI is InChI=1S/C13H16N2O4S/c16-5-1-3-11-7-13(9-14-8-11)20(17,18)15-12-4-2-6-19-10-12/h7-9,12,15-16H,2,4-6,10H2. The summed E-state index contributed by atoms with van der Waals surface area (Å²) < 4.78 is 32.3. The van der Waals surface area contributed by atoms with Gasteiger partial charge in [-0.2, -0.15) is 0 Å². The van der Waals surface area contributed by atoms with E-state index in [4.69, 9.17) is 9.84 Å². The fraction of sp³-hybridized carbons (Fsp3) is 0.462. The van der Waals surface area contributed by atoms with Gasteiger partial charge in [-0.3, -0.25) is 4.98 Å². The predicted octanol–water partition coefficient (Wildman–Crippen LogP) is -0.117. The minimum absolute atomic E-state index is 0.0628. The van der Waals surface area contributed by atoms with E-state index in [0.29, 0.717) is 18.8 Å². The Morgan fingerprint density at radius 1 is 1.50 bits per heavy atom. The van der Waals surface area contributed by atoms with Crippen molar-refractivity contribution < 1.29 is 18.3 Å². The molecule has 1 aliphatic rings. The molecule has 0 saturated carbocycles. The van der Waals surface area contributed by atoms with Crippen LogP contribution in [0.1, 0.15) is 18.4 Å². The van der Waals surface area contributed by atoms with Crippen LogP contribution in [0.3, 0.4) is 0 Å². The first-order chi connectivity index (χ1) is 9.62. The third-order valence-electron chi connectivity index (χ3n) is 2.82. The summed E-state index contributed by atoms with van der Waals surface area (Å²) >= 11 is 0. The topological polar surface area (TPSA) is 88.5 Å². The highest BCUT2D eigenvalue weighted by Crippen LogP contribution is 2.13. The smallest absolute Gasteiger partial charge is 0.242 e. The van der Waals surface area contributed by atoms with Gasteiger partial charge in [0.1, 0.15) is 11.5 Å². The van der Waals surface area contributed by atoms with Gasteiger partial charge in [-0.05, 0) is 18.9 Å². The molecule has 0 amide bonds. The Balaban J connectivity index is 2.16. The van der Waals surface area contributed by atoms with Crippen LogP contribution in [0.5, 0.6) is 0 Å². The van der Waals surface area contributed by atoms with Crippen LogP contribution in [-0.4, -0.2) is 44.4 Å². The van der Waals surface area contributed by atoms with E-state index in [1.807, 2.05) is 0 Å². The summed E-state index contributed by atoms with van der Waals surface area (Å²) in [4.78, 5) is 3.93. The van der Waals surface area contributed by atoms with Crippen LogP contribution in [0.15, 0.2) is 23.4 Å². The van der Waals surface area contributed by atoms with Crippen molar-refractivity contribution in [1.29, 1.82) is 0 Å². The van der Waals surface area contributed by atoms with Crippen molar-refractivity contribution in [2.24, 2.45) is 0 Å². The van der Waals surface area contributed by atoms with Crippen LogP contribution in [0.4, 0.5) is 0 Å². The molecule has 2 rings (SSSR count). The number of hydrogen-bond acceptors (Lipinski definition) is 5. The second-order valence-electron chi connectivity index (χ2n) is 4.40.